The first-order chi connectivity index (χ1) is 15.5. The zero-order valence-electron chi connectivity index (χ0n) is 17.7. The van der Waals surface area contributed by atoms with E-state index in [1.807, 2.05) is 9.47 Å². The average Bonchev–Trinajstić information content (AvgIpc) is 3.48. The maximum absolute atomic E-state index is 13.2. The Morgan fingerprint density at radius 3 is 2.48 bits per heavy atom. The summed E-state index contributed by atoms with van der Waals surface area (Å²) in [6.07, 6.45) is 0.227. The predicted octanol–water partition coefficient (Wildman–Crippen LogP) is 3.29. The van der Waals surface area contributed by atoms with E-state index in [1.165, 1.54) is 28.6 Å². The molecule has 0 spiro atoms. The number of imidazole rings is 1. The van der Waals surface area contributed by atoms with Gasteiger partial charge in [-0.1, -0.05) is 18.2 Å². The van der Waals surface area contributed by atoms with Gasteiger partial charge in [-0.15, -0.1) is 11.3 Å². The Kier molecular flexibility index (Phi) is 6.29. The van der Waals surface area contributed by atoms with Crippen LogP contribution in [-0.2, 0) is 22.2 Å². The SMILES string of the molecule is C[C@@](O)(c1ccc(N2CCN(S(=O)(=O)c3cccs3)C[C@@H]2Cn2ccnc2)cc1)C(F)(F)F. The molecular weight excluding hydrogens is 477 g/mol. The fraction of sp³-hybridized carbons (Fsp3) is 0.381. The molecule has 0 radical (unpaired) electrons. The van der Waals surface area contributed by atoms with Crippen LogP contribution in [0.5, 0.6) is 0 Å². The number of rotatable bonds is 6. The second-order valence-electron chi connectivity index (χ2n) is 8.02. The Balaban J connectivity index is 1.61. The molecule has 1 aliphatic rings. The molecule has 3 heterocycles. The number of hydrogen-bond acceptors (Lipinski definition) is 6. The van der Waals surface area contributed by atoms with Crippen molar-refractivity contribution in [3.63, 3.8) is 0 Å². The standard InChI is InChI=1S/C21H23F3N4O3S2/c1-20(29,21(22,23)24)16-4-6-17(7-5-16)28-11-10-27(33(30,31)19-3-2-12-32-19)14-18(28)13-26-9-8-25-15-26/h2-9,12,15,18,29H,10-11,13-14H2,1H3/t18-,20+/m0/s1. The van der Waals surface area contributed by atoms with Crippen LogP contribution in [-0.4, -0.2) is 59.2 Å². The lowest BCUT2D eigenvalue weighted by Gasteiger charge is -2.42. The number of aliphatic hydroxyl groups is 1. The van der Waals surface area contributed by atoms with Gasteiger partial charge in [-0.3, -0.25) is 0 Å². The van der Waals surface area contributed by atoms with Gasteiger partial charge in [0.2, 0.25) is 0 Å². The lowest BCUT2D eigenvalue weighted by molar-refractivity contribution is -0.258. The van der Waals surface area contributed by atoms with Crippen LogP contribution in [0.4, 0.5) is 18.9 Å². The summed E-state index contributed by atoms with van der Waals surface area (Å²) in [6.45, 7) is 1.97. The summed E-state index contributed by atoms with van der Waals surface area (Å²) in [6, 6.07) is 8.55. The van der Waals surface area contributed by atoms with Crippen molar-refractivity contribution in [1.82, 2.24) is 13.9 Å². The molecule has 178 valence electrons. The van der Waals surface area contributed by atoms with Crippen molar-refractivity contribution in [2.75, 3.05) is 24.5 Å². The first kappa shape index (κ1) is 23.7. The van der Waals surface area contributed by atoms with Gasteiger partial charge in [-0.2, -0.15) is 17.5 Å². The van der Waals surface area contributed by atoms with Crippen LogP contribution in [0.1, 0.15) is 12.5 Å². The normalized spacial score (nSPS) is 20.0. The molecule has 0 amide bonds. The van der Waals surface area contributed by atoms with E-state index in [4.69, 9.17) is 0 Å². The van der Waals surface area contributed by atoms with E-state index in [1.54, 1.807) is 36.2 Å². The number of anilines is 1. The highest BCUT2D eigenvalue weighted by Gasteiger charge is 2.51. The summed E-state index contributed by atoms with van der Waals surface area (Å²) in [7, 11) is -3.64. The fourth-order valence-electron chi connectivity index (χ4n) is 3.86. The quantitative estimate of drug-likeness (QED) is 0.562. The molecule has 1 aliphatic heterocycles. The first-order valence-corrected chi connectivity index (χ1v) is 12.5. The van der Waals surface area contributed by atoms with Crippen LogP contribution < -0.4 is 4.90 Å². The smallest absolute Gasteiger partial charge is 0.376 e. The van der Waals surface area contributed by atoms with E-state index in [0.29, 0.717) is 18.8 Å². The van der Waals surface area contributed by atoms with Gasteiger partial charge in [0.15, 0.2) is 5.60 Å². The summed E-state index contributed by atoms with van der Waals surface area (Å²) >= 11 is 1.16. The number of thiophene rings is 1. The first-order valence-electron chi connectivity index (χ1n) is 10.2. The fourth-order valence-corrected chi connectivity index (χ4v) is 6.47. The molecule has 2 atom stereocenters. The Labute approximate surface area is 193 Å². The lowest BCUT2D eigenvalue weighted by atomic mass is 9.95. The molecule has 0 unspecified atom stereocenters. The summed E-state index contributed by atoms with van der Waals surface area (Å²) in [4.78, 5) is 6.01. The summed E-state index contributed by atoms with van der Waals surface area (Å²) in [5, 5.41) is 11.7. The molecular formula is C21H23F3N4O3S2. The van der Waals surface area contributed by atoms with Gasteiger partial charge in [0.1, 0.15) is 4.21 Å². The second-order valence-corrected chi connectivity index (χ2v) is 11.1. The van der Waals surface area contributed by atoms with Crippen LogP contribution in [0.3, 0.4) is 0 Å². The minimum atomic E-state index is -4.81. The number of halogens is 3. The van der Waals surface area contributed by atoms with Crippen molar-refractivity contribution < 1.29 is 26.7 Å². The van der Waals surface area contributed by atoms with E-state index in [-0.39, 0.29) is 28.9 Å². The average molecular weight is 501 g/mol. The van der Waals surface area contributed by atoms with Crippen LogP contribution in [0.15, 0.2) is 64.7 Å². The van der Waals surface area contributed by atoms with Crippen LogP contribution >= 0.6 is 11.3 Å². The Bertz CT molecular complexity index is 1160. The maximum Gasteiger partial charge on any atom is 0.421 e. The van der Waals surface area contributed by atoms with Gasteiger partial charge < -0.3 is 14.6 Å². The minimum Gasteiger partial charge on any atom is -0.376 e. The number of hydrogen-bond donors (Lipinski definition) is 1. The molecule has 1 aromatic carbocycles. The molecule has 33 heavy (non-hydrogen) atoms. The number of benzene rings is 1. The van der Waals surface area contributed by atoms with E-state index in [0.717, 1.165) is 18.3 Å². The molecule has 0 bridgehead atoms. The number of aromatic nitrogens is 2. The Morgan fingerprint density at radius 1 is 1.18 bits per heavy atom. The molecule has 4 rings (SSSR count). The Hall–Kier alpha value is -2.41. The summed E-state index contributed by atoms with van der Waals surface area (Å²) in [5.41, 5.74) is -2.58. The molecule has 0 aliphatic carbocycles. The highest BCUT2D eigenvalue weighted by atomic mass is 32.2. The van der Waals surface area contributed by atoms with E-state index in [2.05, 4.69) is 4.98 Å². The maximum atomic E-state index is 13.2. The van der Waals surface area contributed by atoms with Crippen LogP contribution in [0, 0.1) is 0 Å². The van der Waals surface area contributed by atoms with E-state index in [9.17, 15) is 26.7 Å². The van der Waals surface area contributed by atoms with E-state index >= 15 is 0 Å². The van der Waals surface area contributed by atoms with Gasteiger partial charge in [-0.25, -0.2) is 13.4 Å². The van der Waals surface area contributed by atoms with Gasteiger partial charge in [0, 0.05) is 44.3 Å². The van der Waals surface area contributed by atoms with Gasteiger partial charge in [-0.05, 0) is 36.1 Å². The van der Waals surface area contributed by atoms with Gasteiger partial charge >= 0.3 is 6.18 Å². The van der Waals surface area contributed by atoms with Crippen molar-refractivity contribution in [2.24, 2.45) is 0 Å². The molecule has 1 fully saturated rings. The zero-order valence-corrected chi connectivity index (χ0v) is 19.3. The third kappa shape index (κ3) is 4.65. The third-order valence-corrected chi connectivity index (χ3v) is 9.07. The highest BCUT2D eigenvalue weighted by Crippen LogP contribution is 2.39. The summed E-state index contributed by atoms with van der Waals surface area (Å²) < 4.78 is 69.2. The third-order valence-electron chi connectivity index (χ3n) is 5.83. The molecule has 12 heteroatoms. The van der Waals surface area contributed by atoms with Crippen molar-refractivity contribution in [3.05, 3.63) is 66.1 Å². The monoisotopic (exact) mass is 500 g/mol. The highest BCUT2D eigenvalue weighted by molar-refractivity contribution is 7.91. The molecule has 7 nitrogen and oxygen atoms in total. The lowest BCUT2D eigenvalue weighted by Crippen LogP contribution is -2.56. The topological polar surface area (TPSA) is 78.7 Å². The van der Waals surface area contributed by atoms with Crippen molar-refractivity contribution in [2.45, 2.75) is 35.5 Å². The van der Waals surface area contributed by atoms with Crippen molar-refractivity contribution >= 4 is 27.0 Å². The molecule has 2 aromatic heterocycles. The van der Waals surface area contributed by atoms with Crippen LogP contribution in [0.2, 0.25) is 0 Å². The number of nitrogens with zero attached hydrogens (tertiary/aromatic N) is 4. The van der Waals surface area contributed by atoms with Gasteiger partial charge in [0.25, 0.3) is 10.0 Å². The van der Waals surface area contributed by atoms with Gasteiger partial charge in [0.05, 0.1) is 12.4 Å². The Morgan fingerprint density at radius 2 is 1.91 bits per heavy atom. The van der Waals surface area contributed by atoms with Crippen LogP contribution in [0.25, 0.3) is 0 Å². The predicted molar refractivity (Wildman–Crippen MR) is 119 cm³/mol. The van der Waals surface area contributed by atoms with Crippen molar-refractivity contribution in [1.29, 1.82) is 0 Å². The molecule has 1 N–H and O–H groups in total. The largest absolute Gasteiger partial charge is 0.421 e. The minimum absolute atomic E-state index is 0.209. The van der Waals surface area contributed by atoms with Crippen molar-refractivity contribution in [3.8, 4) is 0 Å². The number of alkyl halides is 3. The zero-order chi connectivity index (χ0) is 23.9. The van der Waals surface area contributed by atoms with E-state index < -0.39 is 21.8 Å². The molecule has 0 saturated carbocycles. The number of sulfonamides is 1. The molecule has 3 aromatic rings. The summed E-state index contributed by atoms with van der Waals surface area (Å²) in [5.74, 6) is 0. The number of piperazine rings is 1. The molecule has 1 saturated heterocycles. The second kappa shape index (κ2) is 8.75.